The van der Waals surface area contributed by atoms with E-state index in [1.165, 1.54) is 0 Å². The minimum absolute atomic E-state index is 0.0719. The highest BCUT2D eigenvalue weighted by atomic mass is 16.4. The third-order valence-electron chi connectivity index (χ3n) is 3.07. The highest BCUT2D eigenvalue weighted by Crippen LogP contribution is 2.35. The number of nitrogens with one attached hydrogen (secondary N) is 1. The summed E-state index contributed by atoms with van der Waals surface area (Å²) >= 11 is 0. The van der Waals surface area contributed by atoms with Crippen LogP contribution in [-0.4, -0.2) is 35.9 Å². The molecule has 1 atom stereocenters. The van der Waals surface area contributed by atoms with Gasteiger partial charge in [0.2, 0.25) is 0 Å². The lowest BCUT2D eigenvalue weighted by molar-refractivity contribution is -0.152. The average molecular weight is 201 g/mol. The zero-order chi connectivity index (χ0) is 10.6. The SMILES string of the molecule is CC(CO)CC1(C(=O)O)CCNCC1. The minimum atomic E-state index is -0.709. The van der Waals surface area contributed by atoms with Gasteiger partial charge < -0.3 is 15.5 Å². The van der Waals surface area contributed by atoms with Crippen molar-refractivity contribution in [2.75, 3.05) is 19.7 Å². The Balaban J connectivity index is 2.65. The zero-order valence-corrected chi connectivity index (χ0v) is 8.62. The van der Waals surface area contributed by atoms with Crippen molar-refractivity contribution in [3.05, 3.63) is 0 Å². The van der Waals surface area contributed by atoms with Gasteiger partial charge in [-0.1, -0.05) is 6.92 Å². The molecule has 1 unspecified atom stereocenters. The van der Waals surface area contributed by atoms with Crippen LogP contribution >= 0.6 is 0 Å². The quantitative estimate of drug-likeness (QED) is 0.618. The van der Waals surface area contributed by atoms with Gasteiger partial charge in [0.15, 0.2) is 0 Å². The van der Waals surface area contributed by atoms with Crippen molar-refractivity contribution >= 4 is 5.97 Å². The predicted octanol–water partition coefficient (Wildman–Crippen LogP) is 0.459. The van der Waals surface area contributed by atoms with Gasteiger partial charge in [-0.15, -0.1) is 0 Å². The number of aliphatic carboxylic acids is 1. The molecular weight excluding hydrogens is 182 g/mol. The lowest BCUT2D eigenvalue weighted by Crippen LogP contribution is -2.43. The number of rotatable bonds is 4. The van der Waals surface area contributed by atoms with Crippen molar-refractivity contribution in [2.24, 2.45) is 11.3 Å². The molecule has 0 bridgehead atoms. The summed E-state index contributed by atoms with van der Waals surface area (Å²) in [5.41, 5.74) is -0.604. The largest absolute Gasteiger partial charge is 0.481 e. The summed E-state index contributed by atoms with van der Waals surface area (Å²) in [6.45, 7) is 3.50. The number of piperidine rings is 1. The van der Waals surface area contributed by atoms with Crippen molar-refractivity contribution in [3.8, 4) is 0 Å². The van der Waals surface area contributed by atoms with E-state index in [0.29, 0.717) is 19.3 Å². The zero-order valence-electron chi connectivity index (χ0n) is 8.62. The second kappa shape index (κ2) is 4.75. The number of carboxylic acid groups (broad SMARTS) is 1. The van der Waals surface area contributed by atoms with Gasteiger partial charge in [0, 0.05) is 6.61 Å². The number of aliphatic hydroxyl groups excluding tert-OH is 1. The van der Waals surface area contributed by atoms with Crippen LogP contribution in [0.15, 0.2) is 0 Å². The lowest BCUT2D eigenvalue weighted by atomic mass is 9.73. The molecule has 1 rings (SSSR count). The Labute approximate surface area is 84.3 Å². The summed E-state index contributed by atoms with van der Waals surface area (Å²) in [5.74, 6) is -0.636. The fourth-order valence-corrected chi connectivity index (χ4v) is 2.14. The van der Waals surface area contributed by atoms with Crippen LogP contribution in [-0.2, 0) is 4.79 Å². The van der Waals surface area contributed by atoms with Crippen LogP contribution in [0.2, 0.25) is 0 Å². The Hall–Kier alpha value is -0.610. The van der Waals surface area contributed by atoms with Crippen LogP contribution in [0.4, 0.5) is 0 Å². The van der Waals surface area contributed by atoms with Crippen molar-refractivity contribution in [1.82, 2.24) is 5.32 Å². The third-order valence-corrected chi connectivity index (χ3v) is 3.07. The van der Waals surface area contributed by atoms with E-state index in [2.05, 4.69) is 5.32 Å². The number of hydrogen-bond donors (Lipinski definition) is 3. The molecule has 4 heteroatoms. The van der Waals surface area contributed by atoms with E-state index >= 15 is 0 Å². The molecule has 0 spiro atoms. The minimum Gasteiger partial charge on any atom is -0.481 e. The van der Waals surface area contributed by atoms with Gasteiger partial charge in [-0.2, -0.15) is 0 Å². The van der Waals surface area contributed by atoms with Gasteiger partial charge in [0.1, 0.15) is 0 Å². The van der Waals surface area contributed by atoms with Crippen LogP contribution in [0, 0.1) is 11.3 Å². The van der Waals surface area contributed by atoms with Crippen molar-refractivity contribution in [1.29, 1.82) is 0 Å². The Morgan fingerprint density at radius 2 is 2.07 bits per heavy atom. The maximum absolute atomic E-state index is 11.2. The van der Waals surface area contributed by atoms with Gasteiger partial charge >= 0.3 is 5.97 Å². The van der Waals surface area contributed by atoms with E-state index < -0.39 is 11.4 Å². The molecular formula is C10H19NO3. The maximum atomic E-state index is 11.2. The van der Waals surface area contributed by atoms with Gasteiger partial charge in [0.05, 0.1) is 5.41 Å². The van der Waals surface area contributed by atoms with E-state index in [1.54, 1.807) is 0 Å². The molecule has 0 radical (unpaired) electrons. The second-order valence-corrected chi connectivity index (χ2v) is 4.33. The molecule has 14 heavy (non-hydrogen) atoms. The Morgan fingerprint density at radius 3 is 2.50 bits per heavy atom. The van der Waals surface area contributed by atoms with E-state index in [4.69, 9.17) is 5.11 Å². The van der Waals surface area contributed by atoms with Gasteiger partial charge in [-0.05, 0) is 38.3 Å². The molecule has 0 aliphatic carbocycles. The summed E-state index contributed by atoms with van der Waals surface area (Å²) in [6, 6.07) is 0. The molecule has 82 valence electrons. The smallest absolute Gasteiger partial charge is 0.309 e. The van der Waals surface area contributed by atoms with Crippen LogP contribution in [0.5, 0.6) is 0 Å². The number of hydrogen-bond acceptors (Lipinski definition) is 3. The molecule has 1 fully saturated rings. The molecule has 1 saturated heterocycles. The van der Waals surface area contributed by atoms with Crippen molar-refractivity contribution < 1.29 is 15.0 Å². The van der Waals surface area contributed by atoms with Gasteiger partial charge in [-0.25, -0.2) is 0 Å². The standard InChI is InChI=1S/C10H19NO3/c1-8(7-12)6-10(9(13)14)2-4-11-5-3-10/h8,11-12H,2-7H2,1H3,(H,13,14). The Bertz CT molecular complexity index is 200. The highest BCUT2D eigenvalue weighted by molar-refractivity contribution is 5.74. The summed E-state index contributed by atoms with van der Waals surface area (Å²) in [4.78, 5) is 11.2. The van der Waals surface area contributed by atoms with Crippen LogP contribution in [0.25, 0.3) is 0 Å². The van der Waals surface area contributed by atoms with Gasteiger partial charge in [0.25, 0.3) is 0 Å². The topological polar surface area (TPSA) is 69.6 Å². The molecule has 0 saturated carbocycles. The van der Waals surface area contributed by atoms with E-state index in [-0.39, 0.29) is 12.5 Å². The molecule has 0 aromatic rings. The van der Waals surface area contributed by atoms with Crippen LogP contribution in [0.1, 0.15) is 26.2 Å². The van der Waals surface area contributed by atoms with Crippen LogP contribution in [0.3, 0.4) is 0 Å². The fourth-order valence-electron chi connectivity index (χ4n) is 2.14. The summed E-state index contributed by atoms with van der Waals surface area (Å²) in [6.07, 6.45) is 1.93. The molecule has 0 aromatic carbocycles. The number of carboxylic acids is 1. The first kappa shape index (κ1) is 11.5. The van der Waals surface area contributed by atoms with Crippen LogP contribution < -0.4 is 5.32 Å². The molecule has 1 heterocycles. The predicted molar refractivity (Wildman–Crippen MR) is 53.0 cm³/mol. The normalized spacial score (nSPS) is 23.0. The first-order valence-electron chi connectivity index (χ1n) is 5.16. The Kier molecular flexibility index (Phi) is 3.89. The van der Waals surface area contributed by atoms with Crippen molar-refractivity contribution in [2.45, 2.75) is 26.2 Å². The lowest BCUT2D eigenvalue weighted by Gasteiger charge is -2.35. The van der Waals surface area contributed by atoms with E-state index in [1.807, 2.05) is 6.92 Å². The van der Waals surface area contributed by atoms with E-state index in [9.17, 15) is 9.90 Å². The number of aliphatic hydroxyl groups is 1. The molecule has 1 aliphatic heterocycles. The highest BCUT2D eigenvalue weighted by Gasteiger charge is 2.40. The monoisotopic (exact) mass is 201 g/mol. The summed E-state index contributed by atoms with van der Waals surface area (Å²) < 4.78 is 0. The Morgan fingerprint density at radius 1 is 1.50 bits per heavy atom. The molecule has 3 N–H and O–H groups in total. The summed E-state index contributed by atoms with van der Waals surface area (Å²) in [5, 5.41) is 21.3. The van der Waals surface area contributed by atoms with Crippen molar-refractivity contribution in [3.63, 3.8) is 0 Å². The second-order valence-electron chi connectivity index (χ2n) is 4.33. The number of carbonyl (C=O) groups is 1. The maximum Gasteiger partial charge on any atom is 0.309 e. The summed E-state index contributed by atoms with van der Waals surface area (Å²) in [7, 11) is 0. The van der Waals surface area contributed by atoms with E-state index in [0.717, 1.165) is 13.1 Å². The fraction of sp³-hybridized carbons (Fsp3) is 0.900. The molecule has 4 nitrogen and oxygen atoms in total. The molecule has 0 aromatic heterocycles. The molecule has 1 aliphatic rings. The third kappa shape index (κ3) is 2.45. The molecule has 0 amide bonds. The van der Waals surface area contributed by atoms with Gasteiger partial charge in [-0.3, -0.25) is 4.79 Å². The average Bonchev–Trinajstić information content (AvgIpc) is 2.19. The first-order valence-corrected chi connectivity index (χ1v) is 5.16. The first-order chi connectivity index (χ1) is 6.60.